The van der Waals surface area contributed by atoms with Crippen LogP contribution in [0.4, 0.5) is 10.8 Å². The van der Waals surface area contributed by atoms with Crippen molar-refractivity contribution in [3.8, 4) is 0 Å². The van der Waals surface area contributed by atoms with Crippen molar-refractivity contribution >= 4 is 40.5 Å². The van der Waals surface area contributed by atoms with Crippen LogP contribution in [0.25, 0.3) is 0 Å². The fourth-order valence-corrected chi connectivity index (χ4v) is 3.07. The molecule has 1 aromatic heterocycles. The molecule has 112 valence electrons. The van der Waals surface area contributed by atoms with Crippen LogP contribution in [-0.2, 0) is 17.8 Å². The highest BCUT2D eigenvalue weighted by Gasteiger charge is 2.18. The third-order valence-electron chi connectivity index (χ3n) is 3.22. The topological polar surface area (TPSA) is 77.2 Å². The van der Waals surface area contributed by atoms with Gasteiger partial charge < -0.3 is 10.5 Å². The molecule has 3 rings (SSSR count). The Morgan fingerprint density at radius 3 is 3.05 bits per heavy atom. The van der Waals surface area contributed by atoms with Crippen LogP contribution in [0.2, 0.25) is 0 Å². The molecule has 0 unspecified atom stereocenters. The number of rotatable bonds is 2. The van der Waals surface area contributed by atoms with Gasteiger partial charge in [0.15, 0.2) is 5.13 Å². The Morgan fingerprint density at radius 2 is 2.29 bits per heavy atom. The highest BCUT2D eigenvalue weighted by molar-refractivity contribution is 7.15. The largest absolute Gasteiger partial charge is 0.399 e. The number of aromatic nitrogens is 1. The van der Waals surface area contributed by atoms with Gasteiger partial charge in [-0.1, -0.05) is 17.4 Å². The molecular weight excluding hydrogens is 310 g/mol. The summed E-state index contributed by atoms with van der Waals surface area (Å²) in [6.45, 7) is 3.16. The Morgan fingerprint density at radius 1 is 1.48 bits per heavy atom. The predicted octanol–water partition coefficient (Wildman–Crippen LogP) is 2.78. The molecule has 1 aliphatic heterocycles. The fourth-order valence-electron chi connectivity index (χ4n) is 2.13. The van der Waals surface area contributed by atoms with Crippen molar-refractivity contribution in [3.05, 3.63) is 39.9 Å². The monoisotopic (exact) mass is 325 g/mol. The number of carbonyl (C=O) groups is 1. The van der Waals surface area contributed by atoms with E-state index in [2.05, 4.69) is 10.3 Å². The van der Waals surface area contributed by atoms with Gasteiger partial charge in [-0.2, -0.15) is 0 Å². The summed E-state index contributed by atoms with van der Waals surface area (Å²) < 4.78 is 5.37. The number of hydrogen-bond acceptors (Lipinski definition) is 5. The van der Waals surface area contributed by atoms with E-state index in [1.165, 1.54) is 11.3 Å². The van der Waals surface area contributed by atoms with Crippen molar-refractivity contribution < 1.29 is 9.53 Å². The van der Waals surface area contributed by atoms with E-state index in [0.717, 1.165) is 22.6 Å². The molecule has 0 atom stereocenters. The number of carbonyl (C=O) groups excluding carboxylic acids is 1. The number of anilines is 2. The number of nitrogen functional groups attached to an aromatic ring is 1. The number of fused-ring (bicyclic) bond motifs is 1. The number of ether oxygens (including phenoxy) is 1. The second kappa shape index (κ2) is 6.43. The summed E-state index contributed by atoms with van der Waals surface area (Å²) >= 11 is 1.47. The standard InChI is InChI=1S/C14H15N3O2S.ClH/c1-8-2-3-9(15)6-10(8)13(18)17-14-16-11-4-5-19-7-12(11)20-14;/h2-3,6H,4-5,7,15H2,1H3,(H,16,17,18);1H. The van der Waals surface area contributed by atoms with Gasteiger partial charge in [0.2, 0.25) is 0 Å². The van der Waals surface area contributed by atoms with Crippen LogP contribution in [-0.4, -0.2) is 17.5 Å². The van der Waals surface area contributed by atoms with Crippen LogP contribution >= 0.6 is 23.7 Å². The van der Waals surface area contributed by atoms with Gasteiger partial charge >= 0.3 is 0 Å². The molecule has 7 heteroatoms. The third kappa shape index (κ3) is 3.34. The quantitative estimate of drug-likeness (QED) is 0.832. The van der Waals surface area contributed by atoms with Crippen LogP contribution in [0.1, 0.15) is 26.5 Å². The zero-order valence-electron chi connectivity index (χ0n) is 11.5. The van der Waals surface area contributed by atoms with E-state index in [0.29, 0.717) is 29.6 Å². The molecule has 2 aromatic rings. The average molecular weight is 326 g/mol. The van der Waals surface area contributed by atoms with Gasteiger partial charge in [0.05, 0.1) is 23.8 Å². The van der Waals surface area contributed by atoms with E-state index in [9.17, 15) is 4.79 Å². The van der Waals surface area contributed by atoms with Gasteiger partial charge in [0, 0.05) is 17.7 Å². The second-order valence-corrected chi connectivity index (χ2v) is 5.80. The molecule has 0 aliphatic carbocycles. The van der Waals surface area contributed by atoms with Crippen molar-refractivity contribution in [1.82, 2.24) is 4.98 Å². The number of amides is 1. The van der Waals surface area contributed by atoms with Crippen molar-refractivity contribution in [2.75, 3.05) is 17.7 Å². The van der Waals surface area contributed by atoms with Crippen molar-refractivity contribution in [3.63, 3.8) is 0 Å². The molecule has 5 nitrogen and oxygen atoms in total. The molecule has 0 saturated carbocycles. The zero-order chi connectivity index (χ0) is 14.1. The van der Waals surface area contributed by atoms with Gasteiger partial charge in [-0.3, -0.25) is 10.1 Å². The summed E-state index contributed by atoms with van der Waals surface area (Å²) in [7, 11) is 0. The maximum Gasteiger partial charge on any atom is 0.257 e. The Hall–Kier alpha value is -1.63. The second-order valence-electron chi connectivity index (χ2n) is 4.72. The van der Waals surface area contributed by atoms with Gasteiger partial charge in [0.25, 0.3) is 5.91 Å². The number of thiazole rings is 1. The molecule has 1 amide bonds. The summed E-state index contributed by atoms with van der Waals surface area (Å²) in [4.78, 5) is 17.8. The van der Waals surface area contributed by atoms with Crippen LogP contribution < -0.4 is 11.1 Å². The predicted molar refractivity (Wildman–Crippen MR) is 86.3 cm³/mol. The minimum atomic E-state index is -0.179. The molecular formula is C14H16ClN3O2S. The Balaban J connectivity index is 0.00000161. The number of benzene rings is 1. The third-order valence-corrected chi connectivity index (χ3v) is 4.21. The van der Waals surface area contributed by atoms with E-state index in [1.54, 1.807) is 12.1 Å². The minimum absolute atomic E-state index is 0. The Kier molecular flexibility index (Phi) is 4.82. The molecule has 1 aromatic carbocycles. The van der Waals surface area contributed by atoms with Crippen LogP contribution in [0.5, 0.6) is 0 Å². The van der Waals surface area contributed by atoms with E-state index in [1.807, 2.05) is 13.0 Å². The smallest absolute Gasteiger partial charge is 0.257 e. The maximum absolute atomic E-state index is 12.3. The van der Waals surface area contributed by atoms with Gasteiger partial charge in [-0.05, 0) is 24.6 Å². The van der Waals surface area contributed by atoms with Crippen LogP contribution in [0, 0.1) is 6.92 Å². The highest BCUT2D eigenvalue weighted by atomic mass is 35.5. The number of aryl methyl sites for hydroxylation is 1. The van der Waals surface area contributed by atoms with E-state index in [-0.39, 0.29) is 18.3 Å². The summed E-state index contributed by atoms with van der Waals surface area (Å²) in [6, 6.07) is 5.30. The van der Waals surface area contributed by atoms with E-state index < -0.39 is 0 Å². The van der Waals surface area contributed by atoms with Gasteiger partial charge in [-0.15, -0.1) is 12.4 Å². The molecule has 3 N–H and O–H groups in total. The number of hydrogen-bond donors (Lipinski definition) is 2. The lowest BCUT2D eigenvalue weighted by molar-refractivity contribution is 0.102. The lowest BCUT2D eigenvalue weighted by Gasteiger charge is -2.08. The Labute approximate surface area is 132 Å². The molecule has 1 aliphatic rings. The van der Waals surface area contributed by atoms with Crippen molar-refractivity contribution in [2.45, 2.75) is 20.0 Å². The number of nitrogens with one attached hydrogen (secondary N) is 1. The first-order valence-electron chi connectivity index (χ1n) is 6.37. The first kappa shape index (κ1) is 15.8. The van der Waals surface area contributed by atoms with Crippen molar-refractivity contribution in [2.24, 2.45) is 0 Å². The molecule has 0 fully saturated rings. The lowest BCUT2D eigenvalue weighted by atomic mass is 10.1. The number of halogens is 1. The summed E-state index contributed by atoms with van der Waals surface area (Å²) in [5, 5.41) is 3.46. The average Bonchev–Trinajstić information content (AvgIpc) is 2.83. The van der Waals surface area contributed by atoms with Crippen molar-refractivity contribution in [1.29, 1.82) is 0 Å². The number of nitrogens with two attached hydrogens (primary N) is 1. The maximum atomic E-state index is 12.3. The first-order valence-corrected chi connectivity index (χ1v) is 7.19. The van der Waals surface area contributed by atoms with Gasteiger partial charge in [-0.25, -0.2) is 4.98 Å². The lowest BCUT2D eigenvalue weighted by Crippen LogP contribution is -2.13. The highest BCUT2D eigenvalue weighted by Crippen LogP contribution is 2.27. The number of nitrogens with zero attached hydrogens (tertiary/aromatic N) is 1. The van der Waals surface area contributed by atoms with E-state index >= 15 is 0 Å². The minimum Gasteiger partial charge on any atom is -0.399 e. The molecule has 0 spiro atoms. The zero-order valence-corrected chi connectivity index (χ0v) is 13.1. The molecule has 0 bridgehead atoms. The normalized spacial score (nSPS) is 13.2. The fraction of sp³-hybridized carbons (Fsp3) is 0.286. The summed E-state index contributed by atoms with van der Waals surface area (Å²) in [5.41, 5.74) is 8.80. The molecule has 21 heavy (non-hydrogen) atoms. The molecule has 0 radical (unpaired) electrons. The van der Waals surface area contributed by atoms with Gasteiger partial charge in [0.1, 0.15) is 0 Å². The van der Waals surface area contributed by atoms with Crippen LogP contribution in [0.15, 0.2) is 18.2 Å². The molecule has 2 heterocycles. The first-order chi connectivity index (χ1) is 9.63. The SMILES string of the molecule is Cc1ccc(N)cc1C(=O)Nc1nc2c(s1)COCC2.Cl. The van der Waals surface area contributed by atoms with E-state index in [4.69, 9.17) is 10.5 Å². The van der Waals surface area contributed by atoms with Crippen LogP contribution in [0.3, 0.4) is 0 Å². The Bertz CT molecular complexity index is 649. The molecule has 0 saturated heterocycles. The summed E-state index contributed by atoms with van der Waals surface area (Å²) in [6.07, 6.45) is 0.805. The summed E-state index contributed by atoms with van der Waals surface area (Å²) in [5.74, 6) is -0.179.